The predicted octanol–water partition coefficient (Wildman–Crippen LogP) is 2.74. The number of ether oxygens (including phenoxy) is 2. The molecule has 0 radical (unpaired) electrons. The summed E-state index contributed by atoms with van der Waals surface area (Å²) < 4.78 is 11.5. The monoisotopic (exact) mass is 358 g/mol. The molecule has 2 aliphatic carbocycles. The summed E-state index contributed by atoms with van der Waals surface area (Å²) in [6, 6.07) is 4.21. The van der Waals surface area contributed by atoms with Gasteiger partial charge in [0.15, 0.2) is 11.5 Å². The van der Waals surface area contributed by atoms with Crippen LogP contribution in [0.15, 0.2) is 12.1 Å². The molecular weight excluding hydrogens is 328 g/mol. The van der Waals surface area contributed by atoms with Gasteiger partial charge in [-0.2, -0.15) is 0 Å². The van der Waals surface area contributed by atoms with Crippen molar-refractivity contribution in [2.75, 3.05) is 19.8 Å². The normalized spacial score (nSPS) is 29.6. The van der Waals surface area contributed by atoms with Gasteiger partial charge in [-0.1, -0.05) is 0 Å². The van der Waals surface area contributed by atoms with E-state index in [-0.39, 0.29) is 17.9 Å². The lowest BCUT2D eigenvalue weighted by Gasteiger charge is -2.35. The van der Waals surface area contributed by atoms with E-state index >= 15 is 0 Å². The van der Waals surface area contributed by atoms with E-state index in [1.165, 1.54) is 24.0 Å². The molecule has 2 N–H and O–H groups in total. The van der Waals surface area contributed by atoms with E-state index in [0.29, 0.717) is 31.6 Å². The van der Waals surface area contributed by atoms with Gasteiger partial charge in [-0.05, 0) is 74.6 Å². The van der Waals surface area contributed by atoms with Gasteiger partial charge >= 0.3 is 0 Å². The smallest absolute Gasteiger partial charge is 0.227 e. The standard InChI is InChI=1S/C21H30N2O3/c1-3-25-17-10-13-7-8-23(12-16(13)11-18(17)26-4-2)21(24)19-14-5-6-15(9-14)20(19)22/h10-11,14-15,19-20H,3-9,12,22H2,1-2H3. The third-order valence-electron chi connectivity index (χ3n) is 6.46. The highest BCUT2D eigenvalue weighted by Crippen LogP contribution is 2.48. The highest BCUT2D eigenvalue weighted by Gasteiger charge is 2.50. The van der Waals surface area contributed by atoms with Crippen molar-refractivity contribution >= 4 is 5.91 Å². The molecule has 0 spiro atoms. The third-order valence-corrected chi connectivity index (χ3v) is 6.46. The Morgan fingerprint density at radius 2 is 1.77 bits per heavy atom. The molecular formula is C21H30N2O3. The van der Waals surface area contributed by atoms with E-state index in [1.807, 2.05) is 18.7 Å². The predicted molar refractivity (Wildman–Crippen MR) is 100 cm³/mol. The molecule has 0 saturated heterocycles. The van der Waals surface area contributed by atoms with E-state index in [9.17, 15) is 4.79 Å². The SMILES string of the molecule is CCOc1cc2c(cc1OCC)CN(C(=O)C1C3CCC(C3)C1N)CC2. The van der Waals surface area contributed by atoms with Crippen LogP contribution >= 0.6 is 0 Å². The second-order valence-electron chi connectivity index (χ2n) is 7.88. The number of carbonyl (C=O) groups excluding carboxylic acids is 1. The van der Waals surface area contributed by atoms with Crippen molar-refractivity contribution in [2.45, 2.75) is 52.1 Å². The van der Waals surface area contributed by atoms with Gasteiger partial charge in [0.1, 0.15) is 0 Å². The third kappa shape index (κ3) is 2.96. The molecule has 142 valence electrons. The number of nitrogens with two attached hydrogens (primary N) is 1. The van der Waals surface area contributed by atoms with Crippen LogP contribution in [-0.2, 0) is 17.8 Å². The Morgan fingerprint density at radius 3 is 2.38 bits per heavy atom. The highest BCUT2D eigenvalue weighted by atomic mass is 16.5. The first-order valence-electron chi connectivity index (χ1n) is 10.1. The van der Waals surface area contributed by atoms with Gasteiger partial charge in [-0.15, -0.1) is 0 Å². The van der Waals surface area contributed by atoms with E-state index in [0.717, 1.165) is 30.9 Å². The number of nitrogens with zero attached hydrogens (tertiary/aromatic N) is 1. The first-order chi connectivity index (χ1) is 12.6. The summed E-state index contributed by atoms with van der Waals surface area (Å²) in [4.78, 5) is 15.2. The topological polar surface area (TPSA) is 64.8 Å². The maximum Gasteiger partial charge on any atom is 0.227 e. The maximum atomic E-state index is 13.2. The molecule has 5 heteroatoms. The summed E-state index contributed by atoms with van der Waals surface area (Å²) in [5.41, 5.74) is 8.84. The van der Waals surface area contributed by atoms with Crippen LogP contribution in [-0.4, -0.2) is 36.6 Å². The Hall–Kier alpha value is -1.75. The van der Waals surface area contributed by atoms with Gasteiger partial charge < -0.3 is 20.1 Å². The van der Waals surface area contributed by atoms with Crippen LogP contribution in [0.1, 0.15) is 44.2 Å². The average Bonchev–Trinajstić information content (AvgIpc) is 3.23. The first-order valence-corrected chi connectivity index (χ1v) is 10.1. The Labute approximate surface area is 155 Å². The van der Waals surface area contributed by atoms with Crippen LogP contribution in [0.5, 0.6) is 11.5 Å². The Balaban J connectivity index is 1.53. The molecule has 2 fully saturated rings. The fourth-order valence-electron chi connectivity index (χ4n) is 5.20. The van der Waals surface area contributed by atoms with Gasteiger partial charge in [0.25, 0.3) is 0 Å². The Bertz CT molecular complexity index is 688. The molecule has 2 saturated carbocycles. The van der Waals surface area contributed by atoms with Gasteiger partial charge in [0.2, 0.25) is 5.91 Å². The lowest BCUT2D eigenvalue weighted by molar-refractivity contribution is -0.138. The largest absolute Gasteiger partial charge is 0.490 e. The van der Waals surface area contributed by atoms with Gasteiger partial charge in [0.05, 0.1) is 19.1 Å². The second-order valence-corrected chi connectivity index (χ2v) is 7.88. The number of carbonyl (C=O) groups is 1. The number of benzene rings is 1. The summed E-state index contributed by atoms with van der Waals surface area (Å²) in [7, 11) is 0. The molecule has 1 aromatic rings. The molecule has 4 unspecified atom stereocenters. The van der Waals surface area contributed by atoms with Gasteiger partial charge in [-0.3, -0.25) is 4.79 Å². The lowest BCUT2D eigenvalue weighted by atomic mass is 9.83. The number of amides is 1. The minimum Gasteiger partial charge on any atom is -0.490 e. The molecule has 4 rings (SSSR count). The summed E-state index contributed by atoms with van der Waals surface area (Å²) in [6.45, 7) is 6.59. The van der Waals surface area contributed by atoms with Crippen molar-refractivity contribution in [3.63, 3.8) is 0 Å². The molecule has 5 nitrogen and oxygen atoms in total. The van der Waals surface area contributed by atoms with E-state index in [2.05, 4.69) is 12.1 Å². The number of rotatable bonds is 5. The second kappa shape index (κ2) is 7.10. The number of fused-ring (bicyclic) bond motifs is 3. The van der Waals surface area contributed by atoms with Crippen LogP contribution in [0.2, 0.25) is 0 Å². The number of hydrogen-bond donors (Lipinski definition) is 1. The zero-order valence-electron chi connectivity index (χ0n) is 15.9. The molecule has 26 heavy (non-hydrogen) atoms. The average molecular weight is 358 g/mol. The van der Waals surface area contributed by atoms with E-state index < -0.39 is 0 Å². The number of hydrogen-bond acceptors (Lipinski definition) is 4. The zero-order chi connectivity index (χ0) is 18.3. The minimum atomic E-state index is 0.0318. The fraction of sp³-hybridized carbons (Fsp3) is 0.667. The van der Waals surface area contributed by atoms with Crippen molar-refractivity contribution in [3.8, 4) is 11.5 Å². The zero-order valence-corrected chi connectivity index (χ0v) is 15.9. The van der Waals surface area contributed by atoms with Crippen molar-refractivity contribution in [2.24, 2.45) is 23.5 Å². The van der Waals surface area contributed by atoms with Crippen molar-refractivity contribution < 1.29 is 14.3 Å². The van der Waals surface area contributed by atoms with Crippen LogP contribution in [0, 0.1) is 17.8 Å². The van der Waals surface area contributed by atoms with Crippen LogP contribution < -0.4 is 15.2 Å². The maximum absolute atomic E-state index is 13.2. The Kier molecular flexibility index (Phi) is 4.82. The summed E-state index contributed by atoms with van der Waals surface area (Å²) in [5, 5.41) is 0. The fourth-order valence-corrected chi connectivity index (χ4v) is 5.20. The molecule has 0 aromatic heterocycles. The summed E-state index contributed by atoms with van der Waals surface area (Å²) in [5.74, 6) is 2.95. The molecule has 4 atom stereocenters. The van der Waals surface area contributed by atoms with Gasteiger partial charge in [-0.25, -0.2) is 0 Å². The summed E-state index contributed by atoms with van der Waals surface area (Å²) >= 11 is 0. The molecule has 1 amide bonds. The van der Waals surface area contributed by atoms with Crippen molar-refractivity contribution in [1.82, 2.24) is 4.90 Å². The van der Waals surface area contributed by atoms with E-state index in [1.54, 1.807) is 0 Å². The van der Waals surface area contributed by atoms with Crippen LogP contribution in [0.3, 0.4) is 0 Å². The molecule has 1 heterocycles. The molecule has 1 aromatic carbocycles. The lowest BCUT2D eigenvalue weighted by Crippen LogP contribution is -2.48. The Morgan fingerprint density at radius 1 is 1.12 bits per heavy atom. The van der Waals surface area contributed by atoms with E-state index in [4.69, 9.17) is 15.2 Å². The minimum absolute atomic E-state index is 0.0318. The van der Waals surface area contributed by atoms with Crippen molar-refractivity contribution in [1.29, 1.82) is 0 Å². The van der Waals surface area contributed by atoms with Crippen LogP contribution in [0.25, 0.3) is 0 Å². The van der Waals surface area contributed by atoms with Crippen molar-refractivity contribution in [3.05, 3.63) is 23.3 Å². The molecule has 2 bridgehead atoms. The highest BCUT2D eigenvalue weighted by molar-refractivity contribution is 5.81. The summed E-state index contributed by atoms with van der Waals surface area (Å²) in [6.07, 6.45) is 4.39. The van der Waals surface area contributed by atoms with Crippen LogP contribution in [0.4, 0.5) is 0 Å². The molecule has 1 aliphatic heterocycles. The van der Waals surface area contributed by atoms with Gasteiger partial charge in [0, 0.05) is 19.1 Å². The first kappa shape index (κ1) is 17.7. The molecule has 3 aliphatic rings. The quantitative estimate of drug-likeness (QED) is 0.879.